The van der Waals surface area contributed by atoms with E-state index >= 15 is 0 Å². The summed E-state index contributed by atoms with van der Waals surface area (Å²) in [7, 11) is 1.64. The Labute approximate surface area is 217 Å². The minimum absolute atomic E-state index is 0.0272. The maximum absolute atomic E-state index is 13.3. The van der Waals surface area contributed by atoms with Gasteiger partial charge in [-0.3, -0.25) is 4.90 Å². The molecule has 0 radical (unpaired) electrons. The Balaban J connectivity index is 1.10. The van der Waals surface area contributed by atoms with Crippen molar-refractivity contribution in [2.45, 2.75) is 30.8 Å². The van der Waals surface area contributed by atoms with Crippen LogP contribution in [0.3, 0.4) is 0 Å². The zero-order chi connectivity index (χ0) is 25.2. The van der Waals surface area contributed by atoms with Crippen molar-refractivity contribution < 1.29 is 23.7 Å². The van der Waals surface area contributed by atoms with Crippen LogP contribution in [0.25, 0.3) is 11.1 Å². The first kappa shape index (κ1) is 23.6. The first-order valence-electron chi connectivity index (χ1n) is 12.9. The number of amides is 1. The van der Waals surface area contributed by atoms with Gasteiger partial charge in [0.1, 0.15) is 6.61 Å². The number of carbonyl (C=O) groups is 1. The highest BCUT2D eigenvalue weighted by atomic mass is 16.6. The van der Waals surface area contributed by atoms with Gasteiger partial charge in [0.25, 0.3) is 0 Å². The lowest BCUT2D eigenvalue weighted by Gasteiger charge is -2.44. The molecule has 0 saturated carbocycles. The third kappa shape index (κ3) is 4.58. The Morgan fingerprint density at radius 2 is 1.59 bits per heavy atom. The maximum Gasteiger partial charge on any atom is 0.410 e. The maximum atomic E-state index is 13.3. The molecule has 3 aromatic rings. The Morgan fingerprint density at radius 3 is 2.30 bits per heavy atom. The molecule has 37 heavy (non-hydrogen) atoms. The molecule has 6 nitrogen and oxygen atoms in total. The zero-order valence-corrected chi connectivity index (χ0v) is 21.0. The van der Waals surface area contributed by atoms with E-state index in [1.54, 1.807) is 7.11 Å². The quantitative estimate of drug-likeness (QED) is 0.386. The highest BCUT2D eigenvalue weighted by Crippen LogP contribution is 2.44. The molecule has 6 rings (SSSR count). The number of hydrogen-bond donors (Lipinski definition) is 0. The molecule has 2 aliphatic heterocycles. The summed E-state index contributed by atoms with van der Waals surface area (Å²) < 4.78 is 23.1. The number of benzene rings is 3. The number of methoxy groups -OCH3 is 1. The molecule has 6 heteroatoms. The third-order valence-corrected chi connectivity index (χ3v) is 7.57. The molecule has 3 aliphatic rings. The van der Waals surface area contributed by atoms with Gasteiger partial charge in [-0.05, 0) is 40.8 Å². The molecule has 2 bridgehead atoms. The van der Waals surface area contributed by atoms with Gasteiger partial charge in [-0.15, -0.1) is 0 Å². The second-order valence-electron chi connectivity index (χ2n) is 9.75. The second-order valence-corrected chi connectivity index (χ2v) is 9.75. The summed E-state index contributed by atoms with van der Waals surface area (Å²) in [5.74, 6) is 1.52. The molecule has 190 valence electrons. The first-order chi connectivity index (χ1) is 18.2. The number of fused-ring (bicyclic) bond motifs is 5. The minimum atomic E-state index is -0.263. The lowest BCUT2D eigenvalue weighted by Crippen LogP contribution is -2.56. The summed E-state index contributed by atoms with van der Waals surface area (Å²) in [6.45, 7) is 1.88. The molecule has 0 spiro atoms. The lowest BCUT2D eigenvalue weighted by atomic mass is 9.93. The van der Waals surface area contributed by atoms with Crippen LogP contribution in [0.15, 0.2) is 84.4 Å². The van der Waals surface area contributed by atoms with Crippen molar-refractivity contribution in [3.05, 3.63) is 95.6 Å². The summed E-state index contributed by atoms with van der Waals surface area (Å²) >= 11 is 0. The molecule has 2 atom stereocenters. The van der Waals surface area contributed by atoms with Crippen LogP contribution >= 0.6 is 0 Å². The molecule has 1 amide bonds. The van der Waals surface area contributed by atoms with Crippen molar-refractivity contribution in [2.24, 2.45) is 0 Å². The zero-order valence-electron chi connectivity index (χ0n) is 21.0. The fraction of sp³-hybridized carbons (Fsp3) is 0.323. The summed E-state index contributed by atoms with van der Waals surface area (Å²) in [6, 6.07) is 24.3. The van der Waals surface area contributed by atoms with Gasteiger partial charge in [-0.25, -0.2) is 4.79 Å². The summed E-state index contributed by atoms with van der Waals surface area (Å²) in [6.07, 6.45) is 3.45. The molecule has 0 N–H and O–H groups in total. The van der Waals surface area contributed by atoms with Crippen molar-refractivity contribution in [3.8, 4) is 22.6 Å². The SMILES string of the molecule is COc1ccccc1OCCC1=CC2COCC(C1)N2C(=O)OCC1c2ccccc2-c2ccccc21. The number of hydrogen-bond acceptors (Lipinski definition) is 5. The normalized spacial score (nSPS) is 20.0. The van der Waals surface area contributed by atoms with Crippen molar-refractivity contribution in [1.29, 1.82) is 0 Å². The van der Waals surface area contributed by atoms with Gasteiger partial charge in [0, 0.05) is 12.3 Å². The van der Waals surface area contributed by atoms with Crippen molar-refractivity contribution in [1.82, 2.24) is 4.90 Å². The average molecular weight is 498 g/mol. The van der Waals surface area contributed by atoms with Crippen LogP contribution < -0.4 is 9.47 Å². The van der Waals surface area contributed by atoms with Crippen LogP contribution in [0.4, 0.5) is 4.79 Å². The van der Waals surface area contributed by atoms with Crippen LogP contribution in [0.5, 0.6) is 11.5 Å². The van der Waals surface area contributed by atoms with E-state index in [1.807, 2.05) is 29.2 Å². The standard InChI is InChI=1S/C31H31NO5/c1-34-29-12-6-7-13-30(29)36-15-14-21-16-22-18-35-19-23(17-21)32(22)31(33)37-20-28-26-10-4-2-8-24(26)25-9-3-5-11-27(25)28/h2-13,16,22-23,28H,14-15,17-20H2,1H3. The molecule has 1 saturated heterocycles. The van der Waals surface area contributed by atoms with Gasteiger partial charge in [0.05, 0.1) is 39.0 Å². The van der Waals surface area contributed by atoms with Crippen molar-refractivity contribution in [3.63, 3.8) is 0 Å². The number of para-hydroxylation sites is 2. The van der Waals surface area contributed by atoms with Gasteiger partial charge < -0.3 is 18.9 Å². The van der Waals surface area contributed by atoms with Crippen LogP contribution in [0, 0.1) is 0 Å². The number of nitrogens with zero attached hydrogens (tertiary/aromatic N) is 1. The first-order valence-corrected chi connectivity index (χ1v) is 12.9. The molecule has 1 fully saturated rings. The van der Waals surface area contributed by atoms with E-state index in [-0.39, 0.29) is 24.1 Å². The number of rotatable bonds is 7. The van der Waals surface area contributed by atoms with E-state index < -0.39 is 0 Å². The van der Waals surface area contributed by atoms with E-state index in [1.165, 1.54) is 27.8 Å². The van der Waals surface area contributed by atoms with E-state index in [9.17, 15) is 4.79 Å². The lowest BCUT2D eigenvalue weighted by molar-refractivity contribution is -0.0366. The minimum Gasteiger partial charge on any atom is -0.493 e. The van der Waals surface area contributed by atoms with Crippen molar-refractivity contribution >= 4 is 6.09 Å². The van der Waals surface area contributed by atoms with Gasteiger partial charge in [0.15, 0.2) is 11.5 Å². The van der Waals surface area contributed by atoms with Gasteiger partial charge in [-0.2, -0.15) is 0 Å². The second kappa shape index (κ2) is 10.3. The fourth-order valence-electron chi connectivity index (χ4n) is 5.85. The summed E-state index contributed by atoms with van der Waals surface area (Å²) in [5.41, 5.74) is 6.18. The Hall–Kier alpha value is -3.77. The van der Waals surface area contributed by atoms with Crippen LogP contribution in [-0.2, 0) is 9.47 Å². The molecule has 2 heterocycles. The molecule has 1 aliphatic carbocycles. The Bertz CT molecular complexity index is 1270. The molecule has 2 unspecified atom stereocenters. The summed E-state index contributed by atoms with van der Waals surface area (Å²) in [5, 5.41) is 0. The number of carbonyl (C=O) groups excluding carboxylic acids is 1. The third-order valence-electron chi connectivity index (χ3n) is 7.57. The van der Waals surface area contributed by atoms with Crippen LogP contribution in [-0.4, -0.2) is 56.6 Å². The monoisotopic (exact) mass is 497 g/mol. The van der Waals surface area contributed by atoms with Gasteiger partial charge in [0.2, 0.25) is 0 Å². The highest BCUT2D eigenvalue weighted by Gasteiger charge is 2.39. The highest BCUT2D eigenvalue weighted by molar-refractivity contribution is 5.79. The van der Waals surface area contributed by atoms with E-state index in [0.717, 1.165) is 24.3 Å². The van der Waals surface area contributed by atoms with Crippen LogP contribution in [0.2, 0.25) is 0 Å². The fourth-order valence-corrected chi connectivity index (χ4v) is 5.85. The Kier molecular flexibility index (Phi) is 6.58. The predicted octanol–water partition coefficient (Wildman–Crippen LogP) is 5.81. The van der Waals surface area contributed by atoms with E-state index in [0.29, 0.717) is 26.4 Å². The number of ether oxygens (including phenoxy) is 4. The topological polar surface area (TPSA) is 57.2 Å². The largest absolute Gasteiger partial charge is 0.493 e. The molecule has 0 aromatic heterocycles. The van der Waals surface area contributed by atoms with E-state index in [4.69, 9.17) is 18.9 Å². The van der Waals surface area contributed by atoms with Gasteiger partial charge in [-0.1, -0.05) is 72.3 Å². The molecule has 3 aromatic carbocycles. The molecular formula is C31H31NO5. The van der Waals surface area contributed by atoms with E-state index in [2.05, 4.69) is 54.6 Å². The van der Waals surface area contributed by atoms with Crippen LogP contribution in [0.1, 0.15) is 29.9 Å². The smallest absolute Gasteiger partial charge is 0.410 e. The Morgan fingerprint density at radius 1 is 0.919 bits per heavy atom. The summed E-state index contributed by atoms with van der Waals surface area (Å²) in [4.78, 5) is 15.2. The molecular weight excluding hydrogens is 466 g/mol. The van der Waals surface area contributed by atoms with Crippen molar-refractivity contribution in [2.75, 3.05) is 33.5 Å². The van der Waals surface area contributed by atoms with Gasteiger partial charge >= 0.3 is 6.09 Å². The predicted molar refractivity (Wildman–Crippen MR) is 141 cm³/mol. The average Bonchev–Trinajstić information content (AvgIpc) is 3.25. The number of morpholine rings is 1.